The third kappa shape index (κ3) is 5.34. The highest BCUT2D eigenvalue weighted by Crippen LogP contribution is 2.34. The number of nitrogens with zero attached hydrogens (tertiary/aromatic N) is 3. The first-order valence-electron chi connectivity index (χ1n) is 12.0. The van der Waals surface area contributed by atoms with Crippen molar-refractivity contribution in [2.24, 2.45) is 5.10 Å². The molecule has 1 amide bonds. The number of hydrogen-bond donors (Lipinski definition) is 0. The van der Waals surface area contributed by atoms with Crippen LogP contribution in [0.1, 0.15) is 60.9 Å². The van der Waals surface area contributed by atoms with Crippen molar-refractivity contribution in [3.8, 4) is 0 Å². The van der Waals surface area contributed by atoms with E-state index in [2.05, 4.69) is 32.0 Å². The maximum Gasteiger partial charge on any atom is 0.323 e. The quantitative estimate of drug-likeness (QED) is 0.541. The number of carbonyl (C=O) groups excluding carboxylic acids is 2. The lowest BCUT2D eigenvalue weighted by Crippen LogP contribution is -2.49. The Balaban J connectivity index is 1.61. The van der Waals surface area contributed by atoms with Crippen molar-refractivity contribution in [2.75, 3.05) is 19.7 Å². The summed E-state index contributed by atoms with van der Waals surface area (Å²) in [6.45, 7) is 7.14. The van der Waals surface area contributed by atoms with Crippen LogP contribution in [0.4, 0.5) is 0 Å². The summed E-state index contributed by atoms with van der Waals surface area (Å²) in [7, 11) is 0. The van der Waals surface area contributed by atoms with Crippen LogP contribution in [0.5, 0.6) is 0 Å². The Bertz CT molecular complexity index is 1080. The van der Waals surface area contributed by atoms with E-state index in [4.69, 9.17) is 21.4 Å². The van der Waals surface area contributed by atoms with Gasteiger partial charge < -0.3 is 4.74 Å². The molecule has 2 unspecified atom stereocenters. The second kappa shape index (κ2) is 10.7. The van der Waals surface area contributed by atoms with E-state index >= 15 is 0 Å². The lowest BCUT2D eigenvalue weighted by molar-refractivity contribution is -0.152. The average Bonchev–Trinajstić information content (AvgIpc) is 3.27. The number of likely N-dealkylation sites (tertiary alicyclic amines) is 1. The molecule has 4 rings (SSSR count). The van der Waals surface area contributed by atoms with Crippen LogP contribution in [0.15, 0.2) is 47.6 Å². The van der Waals surface area contributed by atoms with Crippen molar-refractivity contribution >= 4 is 29.2 Å². The molecular formula is C27H32ClN3O3. The molecule has 0 N–H and O–H groups in total. The number of esters is 1. The fraction of sp³-hybridized carbons (Fsp3) is 0.444. The van der Waals surface area contributed by atoms with Gasteiger partial charge in [0, 0.05) is 11.4 Å². The molecule has 0 bridgehead atoms. The predicted molar refractivity (Wildman–Crippen MR) is 134 cm³/mol. The van der Waals surface area contributed by atoms with E-state index in [-0.39, 0.29) is 30.5 Å². The van der Waals surface area contributed by atoms with Crippen molar-refractivity contribution in [3.63, 3.8) is 0 Å². The van der Waals surface area contributed by atoms with Crippen LogP contribution in [0.3, 0.4) is 0 Å². The molecule has 2 aromatic carbocycles. The number of hydrazone groups is 1. The summed E-state index contributed by atoms with van der Waals surface area (Å²) in [6, 6.07) is 13.3. The summed E-state index contributed by atoms with van der Waals surface area (Å²) < 4.78 is 5.27. The summed E-state index contributed by atoms with van der Waals surface area (Å²) >= 11 is 6.11. The van der Waals surface area contributed by atoms with Crippen molar-refractivity contribution in [1.29, 1.82) is 0 Å². The fourth-order valence-electron chi connectivity index (χ4n) is 4.71. The van der Waals surface area contributed by atoms with Crippen LogP contribution in [-0.2, 0) is 14.3 Å². The molecule has 7 heteroatoms. The van der Waals surface area contributed by atoms with Gasteiger partial charge in [0.1, 0.15) is 6.04 Å². The van der Waals surface area contributed by atoms with Crippen molar-refractivity contribution in [3.05, 3.63) is 69.7 Å². The molecule has 0 saturated carbocycles. The summed E-state index contributed by atoms with van der Waals surface area (Å²) in [5.41, 5.74) is 5.32. The van der Waals surface area contributed by atoms with Gasteiger partial charge in [0.15, 0.2) is 0 Å². The molecule has 2 aliphatic rings. The third-order valence-electron chi connectivity index (χ3n) is 6.77. The van der Waals surface area contributed by atoms with Crippen LogP contribution in [-0.4, -0.2) is 53.2 Å². The first-order valence-corrected chi connectivity index (χ1v) is 12.4. The largest absolute Gasteiger partial charge is 0.465 e. The minimum atomic E-state index is -0.377. The lowest BCUT2D eigenvalue weighted by Gasteiger charge is -2.34. The molecule has 0 spiro atoms. The molecule has 34 heavy (non-hydrogen) atoms. The lowest BCUT2D eigenvalue weighted by atomic mass is 9.96. The standard InChI is InChI=1S/C27H32ClN3O3/c1-4-34-27(33)24-7-5-6-14-30(24)17-26(32)31-25(20-10-12-22(28)13-11-20)16-23(29-31)21-9-8-18(2)19(3)15-21/h8-13,15,24-25H,4-7,14,16-17H2,1-3H3. The van der Waals surface area contributed by atoms with E-state index in [1.165, 1.54) is 11.1 Å². The van der Waals surface area contributed by atoms with Crippen molar-refractivity contribution in [2.45, 2.75) is 58.5 Å². The SMILES string of the molecule is CCOC(=O)C1CCCCN1CC(=O)N1N=C(c2ccc(C)c(C)c2)CC1c1ccc(Cl)cc1. The van der Waals surface area contributed by atoms with E-state index < -0.39 is 0 Å². The summed E-state index contributed by atoms with van der Waals surface area (Å²) in [5.74, 6) is -0.361. The van der Waals surface area contributed by atoms with Crippen LogP contribution in [0.25, 0.3) is 0 Å². The normalized spacial score (nSPS) is 20.8. The smallest absolute Gasteiger partial charge is 0.323 e. The van der Waals surface area contributed by atoms with Crippen LogP contribution < -0.4 is 0 Å². The molecule has 0 aliphatic carbocycles. The number of carbonyl (C=O) groups is 2. The Labute approximate surface area is 206 Å². The van der Waals surface area contributed by atoms with E-state index in [9.17, 15) is 9.59 Å². The van der Waals surface area contributed by atoms with Crippen molar-refractivity contribution < 1.29 is 14.3 Å². The van der Waals surface area contributed by atoms with Gasteiger partial charge in [0.25, 0.3) is 5.91 Å². The second-order valence-corrected chi connectivity index (χ2v) is 9.53. The molecule has 180 valence electrons. The monoisotopic (exact) mass is 481 g/mol. The first-order chi connectivity index (χ1) is 16.4. The molecule has 0 aromatic heterocycles. The van der Waals surface area contributed by atoms with Gasteiger partial charge in [0.05, 0.1) is 24.9 Å². The number of aryl methyl sites for hydroxylation is 2. The Hall–Kier alpha value is -2.70. The van der Waals surface area contributed by atoms with Crippen LogP contribution >= 0.6 is 11.6 Å². The van der Waals surface area contributed by atoms with Gasteiger partial charge in [0.2, 0.25) is 0 Å². The number of ether oxygens (including phenoxy) is 1. The summed E-state index contributed by atoms with van der Waals surface area (Å²) in [4.78, 5) is 28.0. The van der Waals surface area contributed by atoms with Crippen molar-refractivity contribution in [1.82, 2.24) is 9.91 Å². The van der Waals surface area contributed by atoms with Gasteiger partial charge in [-0.2, -0.15) is 5.10 Å². The molecule has 1 fully saturated rings. The van der Waals surface area contributed by atoms with E-state index in [0.29, 0.717) is 31.0 Å². The Morgan fingerprint density at radius 2 is 1.85 bits per heavy atom. The van der Waals surface area contributed by atoms with E-state index in [1.54, 1.807) is 11.9 Å². The van der Waals surface area contributed by atoms with Gasteiger partial charge in [-0.1, -0.05) is 42.3 Å². The zero-order valence-electron chi connectivity index (χ0n) is 20.1. The first kappa shape index (κ1) is 24.4. The maximum absolute atomic E-state index is 13.6. The summed E-state index contributed by atoms with van der Waals surface area (Å²) in [6.07, 6.45) is 3.25. The van der Waals surface area contributed by atoms with Gasteiger partial charge >= 0.3 is 5.97 Å². The third-order valence-corrected chi connectivity index (χ3v) is 7.02. The molecule has 1 saturated heterocycles. The Morgan fingerprint density at radius 3 is 2.56 bits per heavy atom. The number of halogens is 1. The maximum atomic E-state index is 13.6. The number of hydrogen-bond acceptors (Lipinski definition) is 5. The molecular weight excluding hydrogens is 450 g/mol. The summed E-state index contributed by atoms with van der Waals surface area (Å²) in [5, 5.41) is 7.06. The van der Waals surface area contributed by atoms with E-state index in [1.807, 2.05) is 29.2 Å². The highest BCUT2D eigenvalue weighted by atomic mass is 35.5. The molecule has 2 heterocycles. The zero-order valence-corrected chi connectivity index (χ0v) is 20.8. The van der Waals surface area contributed by atoms with Gasteiger partial charge in [-0.25, -0.2) is 5.01 Å². The van der Waals surface area contributed by atoms with Crippen LogP contribution in [0.2, 0.25) is 5.02 Å². The highest BCUT2D eigenvalue weighted by molar-refractivity contribution is 6.30. The zero-order chi connectivity index (χ0) is 24.2. The number of amides is 1. The Morgan fingerprint density at radius 1 is 1.09 bits per heavy atom. The molecule has 6 nitrogen and oxygen atoms in total. The van der Waals surface area contributed by atoms with E-state index in [0.717, 1.165) is 29.7 Å². The molecule has 2 atom stereocenters. The molecule has 2 aliphatic heterocycles. The number of piperidine rings is 1. The highest BCUT2D eigenvalue weighted by Gasteiger charge is 2.37. The number of benzene rings is 2. The van der Waals surface area contributed by atoms with Gasteiger partial charge in [-0.3, -0.25) is 14.5 Å². The fourth-order valence-corrected chi connectivity index (χ4v) is 4.84. The van der Waals surface area contributed by atoms with Gasteiger partial charge in [-0.15, -0.1) is 0 Å². The topological polar surface area (TPSA) is 62.2 Å². The molecule has 2 aromatic rings. The minimum absolute atomic E-state index is 0.116. The Kier molecular flexibility index (Phi) is 7.69. The van der Waals surface area contributed by atoms with Crippen LogP contribution in [0, 0.1) is 13.8 Å². The second-order valence-electron chi connectivity index (χ2n) is 9.09. The minimum Gasteiger partial charge on any atom is -0.465 e. The molecule has 0 radical (unpaired) electrons. The predicted octanol–water partition coefficient (Wildman–Crippen LogP) is 5.05. The van der Waals surface area contributed by atoms with Gasteiger partial charge in [-0.05, 0) is 80.6 Å². The average molecular weight is 482 g/mol. The number of rotatable bonds is 6.